The summed E-state index contributed by atoms with van der Waals surface area (Å²) in [5, 5.41) is 2.83. The molecule has 0 radical (unpaired) electrons. The molecule has 0 aliphatic heterocycles. The van der Waals surface area contributed by atoms with Crippen molar-refractivity contribution in [2.24, 2.45) is 0 Å². The van der Waals surface area contributed by atoms with E-state index in [2.05, 4.69) is 26.3 Å². The van der Waals surface area contributed by atoms with Crippen LogP contribution in [0.2, 0.25) is 0 Å². The van der Waals surface area contributed by atoms with Gasteiger partial charge in [0.05, 0.1) is 18.1 Å². The Kier molecular flexibility index (Phi) is 4.65. The van der Waals surface area contributed by atoms with Crippen LogP contribution < -0.4 is 5.32 Å². The van der Waals surface area contributed by atoms with Gasteiger partial charge in [-0.2, -0.15) is 0 Å². The van der Waals surface area contributed by atoms with Crippen molar-refractivity contribution in [1.29, 1.82) is 0 Å². The Bertz CT molecular complexity index is 839. The predicted molar refractivity (Wildman–Crippen MR) is 92.0 cm³/mol. The second-order valence-electron chi connectivity index (χ2n) is 5.65. The van der Waals surface area contributed by atoms with Crippen molar-refractivity contribution in [2.45, 2.75) is 26.7 Å². The number of hydrogen-bond donors (Lipinski definition) is 1. The maximum absolute atomic E-state index is 12.1. The lowest BCUT2D eigenvalue weighted by molar-refractivity contribution is -0.116. The standard InChI is InChI=1S/C18H19N5O/c1-13-4-3-5-15(10-13)6-7-17(24)22-16-11-20-18(21-12-16)23-9-8-19-14(23)2/h3-5,8-12H,6-7H2,1-2H3,(H,22,24). The van der Waals surface area contributed by atoms with Crippen molar-refractivity contribution < 1.29 is 4.79 Å². The van der Waals surface area contributed by atoms with Gasteiger partial charge in [-0.25, -0.2) is 15.0 Å². The van der Waals surface area contributed by atoms with Crippen LogP contribution in [-0.2, 0) is 11.2 Å². The lowest BCUT2D eigenvalue weighted by Crippen LogP contribution is -2.13. The van der Waals surface area contributed by atoms with E-state index < -0.39 is 0 Å². The highest BCUT2D eigenvalue weighted by Gasteiger charge is 2.06. The minimum atomic E-state index is -0.0494. The molecule has 0 atom stereocenters. The van der Waals surface area contributed by atoms with Crippen LogP contribution in [0.1, 0.15) is 23.4 Å². The molecular weight excluding hydrogens is 302 g/mol. The summed E-state index contributed by atoms with van der Waals surface area (Å²) < 4.78 is 1.78. The fraction of sp³-hybridized carbons (Fsp3) is 0.222. The van der Waals surface area contributed by atoms with E-state index in [1.807, 2.05) is 32.0 Å². The fourth-order valence-corrected chi connectivity index (χ4v) is 2.45. The van der Waals surface area contributed by atoms with E-state index in [0.717, 1.165) is 11.4 Å². The van der Waals surface area contributed by atoms with E-state index in [-0.39, 0.29) is 5.91 Å². The number of amides is 1. The highest BCUT2D eigenvalue weighted by Crippen LogP contribution is 2.10. The second kappa shape index (κ2) is 7.04. The molecule has 0 unspecified atom stereocenters. The average Bonchev–Trinajstić information content (AvgIpc) is 3.00. The molecule has 2 heterocycles. The number of anilines is 1. The molecule has 122 valence electrons. The smallest absolute Gasteiger partial charge is 0.235 e. The summed E-state index contributed by atoms with van der Waals surface area (Å²) in [5.41, 5.74) is 2.95. The highest BCUT2D eigenvalue weighted by molar-refractivity contribution is 5.90. The van der Waals surface area contributed by atoms with E-state index in [9.17, 15) is 4.79 Å². The first-order valence-electron chi connectivity index (χ1n) is 7.79. The fourth-order valence-electron chi connectivity index (χ4n) is 2.45. The normalized spacial score (nSPS) is 10.6. The van der Waals surface area contributed by atoms with Gasteiger partial charge in [0.2, 0.25) is 11.9 Å². The van der Waals surface area contributed by atoms with Crippen LogP contribution in [0.5, 0.6) is 0 Å². The van der Waals surface area contributed by atoms with Crippen LogP contribution in [0.4, 0.5) is 5.69 Å². The SMILES string of the molecule is Cc1cccc(CCC(=O)Nc2cnc(-n3ccnc3C)nc2)c1. The summed E-state index contributed by atoms with van der Waals surface area (Å²) in [6.07, 6.45) is 7.83. The van der Waals surface area contributed by atoms with Crippen molar-refractivity contribution in [2.75, 3.05) is 5.32 Å². The number of rotatable bonds is 5. The van der Waals surface area contributed by atoms with E-state index in [0.29, 0.717) is 24.5 Å². The number of benzene rings is 1. The number of aryl methyl sites for hydroxylation is 3. The zero-order valence-corrected chi connectivity index (χ0v) is 13.7. The lowest BCUT2D eigenvalue weighted by atomic mass is 10.1. The Morgan fingerprint density at radius 2 is 1.96 bits per heavy atom. The number of hydrogen-bond acceptors (Lipinski definition) is 4. The number of carbonyl (C=O) groups excluding carboxylic acids is 1. The third-order valence-corrected chi connectivity index (χ3v) is 3.69. The van der Waals surface area contributed by atoms with Gasteiger partial charge in [0.1, 0.15) is 5.82 Å². The summed E-state index contributed by atoms with van der Waals surface area (Å²) in [6, 6.07) is 8.18. The third-order valence-electron chi connectivity index (χ3n) is 3.69. The van der Waals surface area contributed by atoms with E-state index >= 15 is 0 Å². The molecule has 0 aliphatic rings. The first-order valence-corrected chi connectivity index (χ1v) is 7.79. The molecule has 0 aliphatic carbocycles. The average molecular weight is 321 g/mol. The molecule has 1 amide bonds. The van der Waals surface area contributed by atoms with E-state index in [1.54, 1.807) is 29.4 Å². The van der Waals surface area contributed by atoms with Crippen molar-refractivity contribution in [3.05, 3.63) is 66.0 Å². The molecule has 0 fully saturated rings. The lowest BCUT2D eigenvalue weighted by Gasteiger charge is -2.07. The monoisotopic (exact) mass is 321 g/mol. The predicted octanol–water partition coefficient (Wildman–Crippen LogP) is 2.85. The van der Waals surface area contributed by atoms with Crippen LogP contribution in [0.25, 0.3) is 5.95 Å². The summed E-state index contributed by atoms with van der Waals surface area (Å²) in [5.74, 6) is 1.29. The van der Waals surface area contributed by atoms with E-state index in [1.165, 1.54) is 5.56 Å². The Labute approximate surface area is 140 Å². The zero-order chi connectivity index (χ0) is 16.9. The van der Waals surface area contributed by atoms with Crippen molar-refractivity contribution >= 4 is 11.6 Å². The molecule has 3 aromatic rings. The van der Waals surface area contributed by atoms with Gasteiger partial charge in [-0.15, -0.1) is 0 Å². The number of imidazole rings is 1. The van der Waals surface area contributed by atoms with Crippen LogP contribution >= 0.6 is 0 Å². The molecule has 0 bridgehead atoms. The second-order valence-corrected chi connectivity index (χ2v) is 5.65. The van der Waals surface area contributed by atoms with Gasteiger partial charge in [-0.05, 0) is 25.8 Å². The van der Waals surface area contributed by atoms with Gasteiger partial charge in [0.25, 0.3) is 0 Å². The molecule has 1 aromatic carbocycles. The molecule has 0 saturated carbocycles. The Morgan fingerprint density at radius 3 is 2.62 bits per heavy atom. The minimum absolute atomic E-state index is 0.0494. The molecule has 6 nitrogen and oxygen atoms in total. The van der Waals surface area contributed by atoms with Gasteiger partial charge >= 0.3 is 0 Å². The van der Waals surface area contributed by atoms with Gasteiger partial charge in [-0.3, -0.25) is 9.36 Å². The molecule has 24 heavy (non-hydrogen) atoms. The number of nitrogens with one attached hydrogen (secondary N) is 1. The topological polar surface area (TPSA) is 72.7 Å². The number of nitrogens with zero attached hydrogens (tertiary/aromatic N) is 4. The Balaban J connectivity index is 1.57. The number of aromatic nitrogens is 4. The molecule has 3 rings (SSSR count). The van der Waals surface area contributed by atoms with Crippen molar-refractivity contribution in [1.82, 2.24) is 19.5 Å². The summed E-state index contributed by atoms with van der Waals surface area (Å²) in [7, 11) is 0. The molecule has 1 N–H and O–H groups in total. The zero-order valence-electron chi connectivity index (χ0n) is 13.7. The van der Waals surface area contributed by atoms with Crippen molar-refractivity contribution in [3.63, 3.8) is 0 Å². The van der Waals surface area contributed by atoms with Crippen LogP contribution in [0.3, 0.4) is 0 Å². The molecule has 6 heteroatoms. The maximum Gasteiger partial charge on any atom is 0.235 e. The molecule has 2 aromatic heterocycles. The van der Waals surface area contributed by atoms with Gasteiger partial charge in [0, 0.05) is 18.8 Å². The summed E-state index contributed by atoms with van der Waals surface area (Å²) in [6.45, 7) is 3.93. The molecule has 0 saturated heterocycles. The van der Waals surface area contributed by atoms with Gasteiger partial charge in [-0.1, -0.05) is 29.8 Å². The maximum atomic E-state index is 12.1. The Morgan fingerprint density at radius 1 is 1.17 bits per heavy atom. The quantitative estimate of drug-likeness (QED) is 0.784. The minimum Gasteiger partial charge on any atom is -0.323 e. The highest BCUT2D eigenvalue weighted by atomic mass is 16.1. The number of carbonyl (C=O) groups is 1. The van der Waals surface area contributed by atoms with Crippen LogP contribution in [-0.4, -0.2) is 25.4 Å². The first kappa shape index (κ1) is 15.9. The van der Waals surface area contributed by atoms with Gasteiger partial charge < -0.3 is 5.32 Å². The summed E-state index contributed by atoms with van der Waals surface area (Å²) in [4.78, 5) is 24.7. The van der Waals surface area contributed by atoms with Crippen LogP contribution in [0, 0.1) is 13.8 Å². The largest absolute Gasteiger partial charge is 0.323 e. The van der Waals surface area contributed by atoms with Gasteiger partial charge in [0.15, 0.2) is 0 Å². The summed E-state index contributed by atoms with van der Waals surface area (Å²) >= 11 is 0. The molecule has 0 spiro atoms. The van der Waals surface area contributed by atoms with E-state index in [4.69, 9.17) is 0 Å². The first-order chi connectivity index (χ1) is 11.6. The van der Waals surface area contributed by atoms with Crippen LogP contribution in [0.15, 0.2) is 49.1 Å². The molecular formula is C18H19N5O. The third kappa shape index (κ3) is 3.84. The van der Waals surface area contributed by atoms with Crippen molar-refractivity contribution in [3.8, 4) is 5.95 Å². The Hall–Kier alpha value is -3.02.